The number of amides is 1. The van der Waals surface area contributed by atoms with Crippen molar-refractivity contribution in [3.05, 3.63) is 65.7 Å². The fourth-order valence-corrected chi connectivity index (χ4v) is 3.74. The van der Waals surface area contributed by atoms with Crippen molar-refractivity contribution in [1.82, 2.24) is 10.6 Å². The Kier molecular flexibility index (Phi) is 7.71. The number of carbonyl (C=O) groups is 1. The van der Waals surface area contributed by atoms with Crippen molar-refractivity contribution in [2.75, 3.05) is 26.2 Å². The Morgan fingerprint density at radius 2 is 1.83 bits per heavy atom. The van der Waals surface area contributed by atoms with Crippen LogP contribution in [0.25, 0.3) is 0 Å². The highest BCUT2D eigenvalue weighted by molar-refractivity contribution is 5.79. The van der Waals surface area contributed by atoms with Crippen LogP contribution in [0.4, 0.5) is 0 Å². The molecule has 0 saturated heterocycles. The number of guanidine groups is 1. The van der Waals surface area contributed by atoms with Crippen LogP contribution < -0.4 is 21.1 Å². The second kappa shape index (κ2) is 10.7. The Hall–Kier alpha value is -3.02. The Bertz CT molecular complexity index is 830. The van der Waals surface area contributed by atoms with Crippen molar-refractivity contribution >= 4 is 11.9 Å². The maximum Gasteiger partial charge on any atom is 0.255 e. The average molecular weight is 409 g/mol. The number of carbonyl (C=O) groups excluding carboxylic acids is 1. The summed E-state index contributed by atoms with van der Waals surface area (Å²) in [7, 11) is 0. The first-order chi connectivity index (χ1) is 14.6. The van der Waals surface area contributed by atoms with E-state index >= 15 is 0 Å². The molecule has 3 rings (SSSR count). The Morgan fingerprint density at radius 3 is 2.43 bits per heavy atom. The van der Waals surface area contributed by atoms with Crippen LogP contribution in [-0.4, -0.2) is 38.1 Å². The van der Waals surface area contributed by atoms with E-state index in [1.807, 2.05) is 24.3 Å². The fraction of sp³-hybridized carbons (Fsp3) is 0.417. The van der Waals surface area contributed by atoms with E-state index in [2.05, 4.69) is 47.9 Å². The molecule has 0 radical (unpaired) electrons. The van der Waals surface area contributed by atoms with Gasteiger partial charge in [-0.2, -0.15) is 0 Å². The summed E-state index contributed by atoms with van der Waals surface area (Å²) in [5, 5.41) is 6.80. The van der Waals surface area contributed by atoms with Gasteiger partial charge in [0.25, 0.3) is 5.91 Å². The number of rotatable bonds is 10. The fourth-order valence-electron chi connectivity index (χ4n) is 3.74. The average Bonchev–Trinajstić information content (AvgIpc) is 2.73. The summed E-state index contributed by atoms with van der Waals surface area (Å²) in [6.45, 7) is 4.40. The van der Waals surface area contributed by atoms with Gasteiger partial charge in [0.05, 0.1) is 6.54 Å². The van der Waals surface area contributed by atoms with Crippen LogP contribution in [0.1, 0.15) is 37.3 Å². The van der Waals surface area contributed by atoms with Crippen molar-refractivity contribution in [2.45, 2.75) is 38.0 Å². The molecule has 0 bridgehead atoms. The molecule has 160 valence electrons. The number of benzene rings is 2. The molecule has 30 heavy (non-hydrogen) atoms. The molecule has 2 aromatic carbocycles. The van der Waals surface area contributed by atoms with Gasteiger partial charge in [0, 0.05) is 18.5 Å². The van der Waals surface area contributed by atoms with Crippen molar-refractivity contribution in [3.8, 4) is 5.75 Å². The van der Waals surface area contributed by atoms with Crippen molar-refractivity contribution < 1.29 is 9.53 Å². The van der Waals surface area contributed by atoms with Crippen LogP contribution in [0.5, 0.6) is 5.75 Å². The SMILES string of the molecule is CCNC(=NCC1(c2ccccc2)CCC1)NCCc1ccc(OCC(N)=O)cc1. The van der Waals surface area contributed by atoms with E-state index in [4.69, 9.17) is 15.5 Å². The number of hydrogen-bond donors (Lipinski definition) is 3. The zero-order valence-corrected chi connectivity index (χ0v) is 17.7. The van der Waals surface area contributed by atoms with E-state index in [9.17, 15) is 4.79 Å². The summed E-state index contributed by atoms with van der Waals surface area (Å²) in [5.74, 6) is 1.03. The van der Waals surface area contributed by atoms with Gasteiger partial charge in [0.2, 0.25) is 0 Å². The number of ether oxygens (including phenoxy) is 1. The van der Waals surface area contributed by atoms with Crippen molar-refractivity contribution in [3.63, 3.8) is 0 Å². The summed E-state index contributed by atoms with van der Waals surface area (Å²) >= 11 is 0. The van der Waals surface area contributed by atoms with Gasteiger partial charge >= 0.3 is 0 Å². The van der Waals surface area contributed by atoms with Crippen LogP contribution in [-0.2, 0) is 16.6 Å². The molecule has 2 aromatic rings. The second-order valence-electron chi connectivity index (χ2n) is 7.77. The first-order valence-corrected chi connectivity index (χ1v) is 10.7. The van der Waals surface area contributed by atoms with E-state index in [0.29, 0.717) is 5.75 Å². The number of nitrogens with zero attached hydrogens (tertiary/aromatic N) is 1. The van der Waals surface area contributed by atoms with Gasteiger partial charge in [-0.15, -0.1) is 0 Å². The molecule has 0 atom stereocenters. The zero-order valence-electron chi connectivity index (χ0n) is 17.7. The lowest BCUT2D eigenvalue weighted by atomic mass is 9.64. The molecule has 0 spiro atoms. The van der Waals surface area contributed by atoms with E-state index in [1.54, 1.807) is 0 Å². The lowest BCUT2D eigenvalue weighted by Gasteiger charge is -2.41. The van der Waals surface area contributed by atoms with E-state index in [-0.39, 0.29) is 12.0 Å². The van der Waals surface area contributed by atoms with Crippen LogP contribution >= 0.6 is 0 Å². The highest BCUT2D eigenvalue weighted by Crippen LogP contribution is 2.43. The van der Waals surface area contributed by atoms with E-state index < -0.39 is 5.91 Å². The standard InChI is InChI=1S/C24H32N4O2/c1-2-26-23(28-18-24(14-6-15-24)20-7-4-3-5-8-20)27-16-13-19-9-11-21(12-10-19)30-17-22(25)29/h3-5,7-12H,2,6,13-18H2,1H3,(H2,25,29)(H2,26,27,28). The lowest BCUT2D eigenvalue weighted by Crippen LogP contribution is -2.42. The van der Waals surface area contributed by atoms with Gasteiger partial charge in [0.15, 0.2) is 12.6 Å². The number of aliphatic imine (C=N–C) groups is 1. The van der Waals surface area contributed by atoms with Crippen LogP contribution in [0.15, 0.2) is 59.6 Å². The molecule has 1 aliphatic rings. The zero-order chi connectivity index (χ0) is 21.2. The molecule has 0 aromatic heterocycles. The largest absolute Gasteiger partial charge is 0.484 e. The smallest absolute Gasteiger partial charge is 0.255 e. The molecule has 1 aliphatic carbocycles. The maximum atomic E-state index is 10.8. The Balaban J connectivity index is 1.52. The highest BCUT2D eigenvalue weighted by atomic mass is 16.5. The topological polar surface area (TPSA) is 88.7 Å². The highest BCUT2D eigenvalue weighted by Gasteiger charge is 2.38. The third kappa shape index (κ3) is 5.99. The number of hydrogen-bond acceptors (Lipinski definition) is 3. The minimum absolute atomic E-state index is 0.103. The van der Waals surface area contributed by atoms with Gasteiger partial charge in [-0.1, -0.05) is 48.9 Å². The molecular formula is C24H32N4O2. The van der Waals surface area contributed by atoms with Gasteiger partial charge in [-0.05, 0) is 49.4 Å². The summed E-state index contributed by atoms with van der Waals surface area (Å²) in [5.41, 5.74) is 7.86. The van der Waals surface area contributed by atoms with Crippen molar-refractivity contribution in [1.29, 1.82) is 0 Å². The van der Waals surface area contributed by atoms with Crippen molar-refractivity contribution in [2.24, 2.45) is 10.7 Å². The van der Waals surface area contributed by atoms with Crippen LogP contribution in [0, 0.1) is 0 Å². The first-order valence-electron chi connectivity index (χ1n) is 10.7. The van der Waals surface area contributed by atoms with Crippen LogP contribution in [0.2, 0.25) is 0 Å². The number of primary amides is 1. The maximum absolute atomic E-state index is 10.8. The molecule has 0 aliphatic heterocycles. The van der Waals surface area contributed by atoms with Crippen LogP contribution in [0.3, 0.4) is 0 Å². The molecule has 0 heterocycles. The third-order valence-corrected chi connectivity index (χ3v) is 5.59. The van der Waals surface area contributed by atoms with Gasteiger partial charge in [0.1, 0.15) is 5.75 Å². The first kappa shape index (κ1) is 21.7. The summed E-state index contributed by atoms with van der Waals surface area (Å²) < 4.78 is 5.29. The lowest BCUT2D eigenvalue weighted by molar-refractivity contribution is -0.119. The molecule has 1 saturated carbocycles. The monoisotopic (exact) mass is 408 g/mol. The quantitative estimate of drug-likeness (QED) is 0.417. The Morgan fingerprint density at radius 1 is 1.10 bits per heavy atom. The molecule has 4 N–H and O–H groups in total. The second-order valence-corrected chi connectivity index (χ2v) is 7.77. The van der Waals surface area contributed by atoms with Gasteiger partial charge < -0.3 is 21.1 Å². The number of nitrogens with two attached hydrogens (primary N) is 1. The molecule has 1 fully saturated rings. The number of nitrogens with one attached hydrogen (secondary N) is 2. The predicted octanol–water partition coefficient (Wildman–Crippen LogP) is 2.77. The summed E-state index contributed by atoms with van der Waals surface area (Å²) in [6, 6.07) is 18.5. The van der Waals surface area contributed by atoms with Gasteiger partial charge in [-0.25, -0.2) is 0 Å². The molecule has 6 nitrogen and oxygen atoms in total. The van der Waals surface area contributed by atoms with Gasteiger partial charge in [-0.3, -0.25) is 9.79 Å². The van der Waals surface area contributed by atoms with E-state index in [1.165, 1.54) is 30.4 Å². The predicted molar refractivity (Wildman–Crippen MR) is 121 cm³/mol. The summed E-state index contributed by atoms with van der Waals surface area (Å²) in [4.78, 5) is 15.7. The molecular weight excluding hydrogens is 376 g/mol. The third-order valence-electron chi connectivity index (χ3n) is 5.59. The Labute approximate surface area is 178 Å². The molecule has 1 amide bonds. The summed E-state index contributed by atoms with van der Waals surface area (Å²) in [6.07, 6.45) is 4.53. The molecule has 6 heteroatoms. The minimum atomic E-state index is -0.477. The molecule has 0 unspecified atom stereocenters. The minimum Gasteiger partial charge on any atom is -0.484 e. The normalized spacial score (nSPS) is 15.2. The van der Waals surface area contributed by atoms with E-state index in [0.717, 1.165) is 32.0 Å².